The largest absolute Gasteiger partial charge is 0.351 e. The molecule has 23 heavy (non-hydrogen) atoms. The van der Waals surface area contributed by atoms with Crippen molar-refractivity contribution in [3.8, 4) is 0 Å². The van der Waals surface area contributed by atoms with Crippen LogP contribution in [0.25, 0.3) is 0 Å². The number of likely N-dealkylation sites (tertiary alicyclic amines) is 1. The van der Waals surface area contributed by atoms with Gasteiger partial charge in [-0.25, -0.2) is 0 Å². The zero-order chi connectivity index (χ0) is 16.0. The second-order valence-electron chi connectivity index (χ2n) is 7.03. The van der Waals surface area contributed by atoms with Gasteiger partial charge in [-0.1, -0.05) is 6.07 Å². The second kappa shape index (κ2) is 5.91. The summed E-state index contributed by atoms with van der Waals surface area (Å²) < 4.78 is 0. The summed E-state index contributed by atoms with van der Waals surface area (Å²) in [5.74, 6) is 0.470. The van der Waals surface area contributed by atoms with Crippen LogP contribution in [-0.4, -0.2) is 54.3 Å². The highest BCUT2D eigenvalue weighted by Gasteiger charge is 2.44. The quantitative estimate of drug-likeness (QED) is 0.911. The van der Waals surface area contributed by atoms with E-state index in [1.807, 2.05) is 24.6 Å². The van der Waals surface area contributed by atoms with Crippen LogP contribution in [0.15, 0.2) is 17.5 Å². The van der Waals surface area contributed by atoms with Gasteiger partial charge in [0.15, 0.2) is 0 Å². The maximum Gasteiger partial charge on any atom is 0.226 e. The van der Waals surface area contributed by atoms with E-state index in [9.17, 15) is 9.59 Å². The molecule has 0 aromatic carbocycles. The third-order valence-corrected chi connectivity index (χ3v) is 6.68. The van der Waals surface area contributed by atoms with Gasteiger partial charge in [-0.05, 0) is 43.3 Å². The molecule has 4 fully saturated rings. The maximum atomic E-state index is 12.9. The number of nitrogens with zero attached hydrogens (tertiary/aromatic N) is 2. The number of piperidine rings is 3. The van der Waals surface area contributed by atoms with Crippen LogP contribution in [-0.2, 0) is 9.59 Å². The third kappa shape index (κ3) is 2.68. The van der Waals surface area contributed by atoms with E-state index in [1.165, 1.54) is 25.9 Å². The molecule has 0 radical (unpaired) electrons. The summed E-state index contributed by atoms with van der Waals surface area (Å²) in [6.45, 7) is 3.30. The zero-order valence-corrected chi connectivity index (χ0v) is 14.2. The SMILES string of the molecule is CN1C(=O)CC(C(=O)NC2CN3CCC2CC3)C1c1cccs1. The molecule has 2 amide bonds. The Labute approximate surface area is 140 Å². The molecule has 0 saturated carbocycles. The normalized spacial score (nSPS) is 36.5. The van der Waals surface area contributed by atoms with Gasteiger partial charge in [-0.3, -0.25) is 9.59 Å². The Morgan fingerprint density at radius 2 is 2.13 bits per heavy atom. The van der Waals surface area contributed by atoms with Gasteiger partial charge < -0.3 is 15.1 Å². The van der Waals surface area contributed by atoms with Crippen molar-refractivity contribution in [1.29, 1.82) is 0 Å². The van der Waals surface area contributed by atoms with Crippen LogP contribution >= 0.6 is 11.3 Å². The third-order valence-electron chi connectivity index (χ3n) is 5.74. The first-order valence-electron chi connectivity index (χ1n) is 8.45. The minimum Gasteiger partial charge on any atom is -0.351 e. The molecule has 0 spiro atoms. The molecule has 1 aromatic heterocycles. The van der Waals surface area contributed by atoms with Crippen LogP contribution in [0.4, 0.5) is 0 Å². The highest BCUT2D eigenvalue weighted by molar-refractivity contribution is 7.10. The summed E-state index contributed by atoms with van der Waals surface area (Å²) in [7, 11) is 1.81. The summed E-state index contributed by atoms with van der Waals surface area (Å²) in [4.78, 5) is 30.3. The van der Waals surface area contributed by atoms with E-state index in [4.69, 9.17) is 0 Å². The van der Waals surface area contributed by atoms with E-state index in [1.54, 1.807) is 16.2 Å². The maximum absolute atomic E-state index is 12.9. The number of carbonyl (C=O) groups is 2. The smallest absolute Gasteiger partial charge is 0.226 e. The van der Waals surface area contributed by atoms with Crippen LogP contribution in [0.2, 0.25) is 0 Å². The lowest BCUT2D eigenvalue weighted by atomic mass is 9.83. The highest BCUT2D eigenvalue weighted by Crippen LogP contribution is 2.39. The summed E-state index contributed by atoms with van der Waals surface area (Å²) in [5.41, 5.74) is 0. The standard InChI is InChI=1S/C17H23N3O2S/c1-19-15(21)9-12(16(19)14-3-2-8-23-14)17(22)18-13-10-20-6-4-11(13)5-7-20/h2-3,8,11-13,16H,4-7,9-10H2,1H3,(H,18,22). The molecule has 2 bridgehead atoms. The van der Waals surface area contributed by atoms with Crippen molar-refractivity contribution in [2.45, 2.75) is 31.3 Å². The summed E-state index contributed by atoms with van der Waals surface area (Å²) >= 11 is 1.62. The first kappa shape index (κ1) is 15.1. The molecule has 0 aliphatic carbocycles. The van der Waals surface area contributed by atoms with Crippen molar-refractivity contribution >= 4 is 23.2 Å². The Bertz CT molecular complexity index is 595. The number of thiophene rings is 1. The van der Waals surface area contributed by atoms with Crippen LogP contribution < -0.4 is 5.32 Å². The van der Waals surface area contributed by atoms with Crippen LogP contribution in [0, 0.1) is 11.8 Å². The topological polar surface area (TPSA) is 52.7 Å². The van der Waals surface area contributed by atoms with Gasteiger partial charge in [0.2, 0.25) is 11.8 Å². The van der Waals surface area contributed by atoms with Gasteiger partial charge in [0, 0.05) is 30.9 Å². The van der Waals surface area contributed by atoms with E-state index in [-0.39, 0.29) is 29.8 Å². The van der Waals surface area contributed by atoms with Crippen LogP contribution in [0.1, 0.15) is 30.2 Å². The average molecular weight is 333 g/mol. The monoisotopic (exact) mass is 333 g/mol. The van der Waals surface area contributed by atoms with Gasteiger partial charge in [0.05, 0.1) is 12.0 Å². The van der Waals surface area contributed by atoms with Gasteiger partial charge in [-0.2, -0.15) is 0 Å². The second-order valence-corrected chi connectivity index (χ2v) is 8.01. The summed E-state index contributed by atoms with van der Waals surface area (Å²) in [5, 5.41) is 5.28. The number of hydrogen-bond acceptors (Lipinski definition) is 4. The molecule has 1 aromatic rings. The predicted molar refractivity (Wildman–Crippen MR) is 89.0 cm³/mol. The van der Waals surface area contributed by atoms with E-state index in [0.29, 0.717) is 12.3 Å². The Morgan fingerprint density at radius 1 is 1.35 bits per heavy atom. The van der Waals surface area contributed by atoms with Gasteiger partial charge in [0.25, 0.3) is 0 Å². The molecule has 4 aliphatic heterocycles. The molecule has 3 atom stereocenters. The average Bonchev–Trinajstić information content (AvgIpc) is 3.17. The van der Waals surface area contributed by atoms with E-state index >= 15 is 0 Å². The molecule has 6 heteroatoms. The van der Waals surface area contributed by atoms with Crippen molar-refractivity contribution in [1.82, 2.24) is 15.1 Å². The van der Waals surface area contributed by atoms with E-state index in [2.05, 4.69) is 10.2 Å². The van der Waals surface area contributed by atoms with Gasteiger partial charge >= 0.3 is 0 Å². The molecule has 5 heterocycles. The van der Waals surface area contributed by atoms with Crippen LogP contribution in [0.3, 0.4) is 0 Å². The fraction of sp³-hybridized carbons (Fsp3) is 0.647. The lowest BCUT2D eigenvalue weighted by Gasteiger charge is -2.45. The number of carbonyl (C=O) groups excluding carboxylic acids is 2. The molecule has 4 aliphatic rings. The highest BCUT2D eigenvalue weighted by atomic mass is 32.1. The molecular formula is C17H23N3O2S. The number of rotatable bonds is 3. The van der Waals surface area contributed by atoms with Crippen LogP contribution in [0.5, 0.6) is 0 Å². The Balaban J connectivity index is 1.49. The predicted octanol–water partition coefficient (Wildman–Crippen LogP) is 1.48. The molecule has 1 N–H and O–H groups in total. The molecular weight excluding hydrogens is 310 g/mol. The number of nitrogens with one attached hydrogen (secondary N) is 1. The number of amides is 2. The summed E-state index contributed by atoms with van der Waals surface area (Å²) in [6, 6.07) is 4.16. The van der Waals surface area contributed by atoms with E-state index in [0.717, 1.165) is 11.4 Å². The molecule has 4 saturated heterocycles. The summed E-state index contributed by atoms with van der Waals surface area (Å²) in [6.07, 6.45) is 2.69. The Kier molecular flexibility index (Phi) is 3.89. The van der Waals surface area contributed by atoms with Crippen molar-refractivity contribution in [2.24, 2.45) is 11.8 Å². The molecule has 124 valence electrons. The lowest BCUT2D eigenvalue weighted by molar-refractivity contribution is -0.129. The zero-order valence-electron chi connectivity index (χ0n) is 13.4. The lowest BCUT2D eigenvalue weighted by Crippen LogP contribution is -2.58. The minimum absolute atomic E-state index is 0.0554. The first-order chi connectivity index (χ1) is 11.1. The number of fused-ring (bicyclic) bond motifs is 3. The molecule has 5 nitrogen and oxygen atoms in total. The van der Waals surface area contributed by atoms with Crippen molar-refractivity contribution in [3.05, 3.63) is 22.4 Å². The molecule has 5 rings (SSSR count). The Hall–Kier alpha value is -1.40. The van der Waals surface area contributed by atoms with Crippen molar-refractivity contribution < 1.29 is 9.59 Å². The fourth-order valence-corrected chi connectivity index (χ4v) is 5.31. The minimum atomic E-state index is -0.262. The van der Waals surface area contributed by atoms with Crippen molar-refractivity contribution in [2.75, 3.05) is 26.7 Å². The molecule has 3 unspecified atom stereocenters. The van der Waals surface area contributed by atoms with Gasteiger partial charge in [0.1, 0.15) is 0 Å². The van der Waals surface area contributed by atoms with Crippen molar-refractivity contribution in [3.63, 3.8) is 0 Å². The number of hydrogen-bond donors (Lipinski definition) is 1. The van der Waals surface area contributed by atoms with Gasteiger partial charge in [-0.15, -0.1) is 11.3 Å². The van der Waals surface area contributed by atoms with E-state index < -0.39 is 0 Å². The first-order valence-corrected chi connectivity index (χ1v) is 9.33. The Morgan fingerprint density at radius 3 is 2.74 bits per heavy atom. The fourth-order valence-electron chi connectivity index (χ4n) is 4.37.